The standard InChI is InChI=1S/C18H22FN5O4/c19-12-3-1-2-4-13(12)28-11-5-8-23(9-6-11)14(25)7-10-24-16-15(21-18(24)27)20-17(26)22-16/h1-4,11,15-16H,5-10H2,(H,21,27)(H2,20,22,26)/t15-,16-/m0/s1. The molecule has 0 aliphatic carbocycles. The normalized spacial score (nSPS) is 24.5. The quantitative estimate of drug-likeness (QED) is 0.683. The van der Waals surface area contributed by atoms with Crippen LogP contribution in [0.3, 0.4) is 0 Å². The summed E-state index contributed by atoms with van der Waals surface area (Å²) in [5.74, 6) is -0.219. The highest BCUT2D eigenvalue weighted by Crippen LogP contribution is 2.22. The van der Waals surface area contributed by atoms with Crippen LogP contribution in [-0.2, 0) is 4.79 Å². The minimum absolute atomic E-state index is 0.0575. The molecule has 4 rings (SSSR count). The summed E-state index contributed by atoms with van der Waals surface area (Å²) in [6.07, 6.45) is 0.329. The van der Waals surface area contributed by atoms with Crippen molar-refractivity contribution in [1.29, 1.82) is 0 Å². The van der Waals surface area contributed by atoms with Gasteiger partial charge in [-0.3, -0.25) is 9.69 Å². The van der Waals surface area contributed by atoms with E-state index in [1.54, 1.807) is 23.1 Å². The lowest BCUT2D eigenvalue weighted by Crippen LogP contribution is -2.46. The summed E-state index contributed by atoms with van der Waals surface area (Å²) in [4.78, 5) is 39.0. The molecule has 3 aliphatic heterocycles. The highest BCUT2D eigenvalue weighted by Gasteiger charge is 2.45. The molecule has 3 saturated heterocycles. The number of piperidine rings is 1. The number of ether oxygens (including phenoxy) is 1. The fraction of sp³-hybridized carbons (Fsp3) is 0.500. The first-order valence-corrected chi connectivity index (χ1v) is 9.34. The molecule has 1 aromatic rings. The second-order valence-corrected chi connectivity index (χ2v) is 7.06. The van der Waals surface area contributed by atoms with Crippen molar-refractivity contribution in [3.8, 4) is 5.75 Å². The van der Waals surface area contributed by atoms with E-state index < -0.39 is 18.1 Å². The minimum Gasteiger partial charge on any atom is -0.487 e. The van der Waals surface area contributed by atoms with E-state index in [0.29, 0.717) is 25.9 Å². The lowest BCUT2D eigenvalue weighted by atomic mass is 10.1. The Morgan fingerprint density at radius 3 is 2.64 bits per heavy atom. The Labute approximate surface area is 161 Å². The molecule has 2 atom stereocenters. The molecule has 9 nitrogen and oxygen atoms in total. The van der Waals surface area contributed by atoms with Gasteiger partial charge in [-0.15, -0.1) is 0 Å². The summed E-state index contributed by atoms with van der Waals surface area (Å²) < 4.78 is 19.4. The summed E-state index contributed by atoms with van der Waals surface area (Å²) >= 11 is 0. The van der Waals surface area contributed by atoms with Gasteiger partial charge < -0.3 is 25.6 Å². The van der Waals surface area contributed by atoms with Crippen LogP contribution in [0.2, 0.25) is 0 Å². The molecular formula is C18H22FN5O4. The Hall–Kier alpha value is -3.04. The first-order chi connectivity index (χ1) is 13.5. The van der Waals surface area contributed by atoms with Crippen LogP contribution in [0.15, 0.2) is 24.3 Å². The van der Waals surface area contributed by atoms with Crippen LogP contribution in [0.4, 0.5) is 14.0 Å². The number of para-hydroxylation sites is 1. The van der Waals surface area contributed by atoms with Gasteiger partial charge in [0, 0.05) is 38.9 Å². The number of hydrogen-bond donors (Lipinski definition) is 3. The SMILES string of the molecule is O=C1N[C@H]2NC(=O)N(CCC(=O)N3CCC(Oc4ccccc4F)CC3)[C@@H]2N1. The molecule has 5 amide bonds. The lowest BCUT2D eigenvalue weighted by molar-refractivity contribution is -0.133. The smallest absolute Gasteiger partial charge is 0.320 e. The van der Waals surface area contributed by atoms with Crippen molar-refractivity contribution in [2.45, 2.75) is 37.7 Å². The van der Waals surface area contributed by atoms with E-state index in [1.807, 2.05) is 0 Å². The first-order valence-electron chi connectivity index (χ1n) is 9.34. The van der Waals surface area contributed by atoms with Crippen molar-refractivity contribution in [1.82, 2.24) is 25.8 Å². The Morgan fingerprint density at radius 2 is 1.89 bits per heavy atom. The van der Waals surface area contributed by atoms with Gasteiger partial charge in [0.25, 0.3) is 0 Å². The second-order valence-electron chi connectivity index (χ2n) is 7.06. The van der Waals surface area contributed by atoms with Crippen LogP contribution in [0.5, 0.6) is 5.75 Å². The minimum atomic E-state index is -0.479. The number of nitrogens with one attached hydrogen (secondary N) is 3. The van der Waals surface area contributed by atoms with E-state index in [2.05, 4.69) is 16.0 Å². The first kappa shape index (κ1) is 18.3. The zero-order chi connectivity index (χ0) is 19.7. The number of carbonyl (C=O) groups is 3. The fourth-order valence-electron chi connectivity index (χ4n) is 3.75. The van der Waals surface area contributed by atoms with Crippen molar-refractivity contribution in [3.63, 3.8) is 0 Å². The number of fused-ring (bicyclic) bond motifs is 1. The van der Waals surface area contributed by atoms with E-state index >= 15 is 0 Å². The fourth-order valence-corrected chi connectivity index (χ4v) is 3.75. The number of benzene rings is 1. The van der Waals surface area contributed by atoms with Gasteiger partial charge in [-0.25, -0.2) is 14.0 Å². The molecule has 0 saturated carbocycles. The molecular weight excluding hydrogens is 369 g/mol. The highest BCUT2D eigenvalue weighted by atomic mass is 19.1. The third kappa shape index (κ3) is 3.67. The van der Waals surface area contributed by atoms with E-state index in [0.717, 1.165) is 0 Å². The maximum atomic E-state index is 13.7. The molecule has 0 unspecified atom stereocenters. The molecule has 1 aromatic carbocycles. The molecule has 3 N–H and O–H groups in total. The van der Waals surface area contributed by atoms with Crippen molar-refractivity contribution in [3.05, 3.63) is 30.1 Å². The third-order valence-corrected chi connectivity index (χ3v) is 5.25. The van der Waals surface area contributed by atoms with Crippen molar-refractivity contribution in [2.75, 3.05) is 19.6 Å². The van der Waals surface area contributed by atoms with Gasteiger partial charge in [0.2, 0.25) is 5.91 Å². The average molecular weight is 391 g/mol. The molecule has 150 valence electrons. The third-order valence-electron chi connectivity index (χ3n) is 5.25. The molecule has 0 bridgehead atoms. The number of urea groups is 2. The Balaban J connectivity index is 1.24. The molecule has 28 heavy (non-hydrogen) atoms. The van der Waals surface area contributed by atoms with Crippen LogP contribution < -0.4 is 20.7 Å². The molecule has 0 aromatic heterocycles. The second kappa shape index (κ2) is 7.53. The van der Waals surface area contributed by atoms with Crippen molar-refractivity contribution in [2.24, 2.45) is 0 Å². The Bertz CT molecular complexity index is 783. The van der Waals surface area contributed by atoms with Gasteiger partial charge in [-0.05, 0) is 12.1 Å². The number of rotatable bonds is 5. The number of likely N-dealkylation sites (tertiary alicyclic amines) is 1. The monoisotopic (exact) mass is 391 g/mol. The largest absolute Gasteiger partial charge is 0.487 e. The van der Waals surface area contributed by atoms with Gasteiger partial charge >= 0.3 is 12.1 Å². The summed E-state index contributed by atoms with van der Waals surface area (Å²) in [7, 11) is 0. The van der Waals surface area contributed by atoms with Gasteiger partial charge in [0.1, 0.15) is 18.4 Å². The molecule has 3 heterocycles. The number of hydrogen-bond acceptors (Lipinski definition) is 4. The summed E-state index contributed by atoms with van der Waals surface area (Å²) in [6, 6.07) is 5.63. The van der Waals surface area contributed by atoms with Gasteiger partial charge in [-0.2, -0.15) is 0 Å². The van der Waals surface area contributed by atoms with Crippen molar-refractivity contribution >= 4 is 18.0 Å². The molecule has 3 aliphatic rings. The maximum Gasteiger partial charge on any atom is 0.320 e. The number of nitrogens with zero attached hydrogens (tertiary/aromatic N) is 2. The lowest BCUT2D eigenvalue weighted by Gasteiger charge is -2.32. The van der Waals surface area contributed by atoms with Crippen molar-refractivity contribution < 1.29 is 23.5 Å². The number of amides is 5. The van der Waals surface area contributed by atoms with Crippen LogP contribution in [-0.4, -0.2) is 65.8 Å². The van der Waals surface area contributed by atoms with E-state index in [-0.39, 0.29) is 42.8 Å². The number of halogens is 1. The Kier molecular flexibility index (Phi) is 4.93. The summed E-state index contributed by atoms with van der Waals surface area (Å²) in [5, 5.41) is 7.90. The van der Waals surface area contributed by atoms with Gasteiger partial charge in [-0.1, -0.05) is 12.1 Å². The van der Waals surface area contributed by atoms with Crippen LogP contribution in [0.25, 0.3) is 0 Å². The number of carbonyl (C=O) groups excluding carboxylic acids is 3. The van der Waals surface area contributed by atoms with Gasteiger partial charge in [0.05, 0.1) is 0 Å². The van der Waals surface area contributed by atoms with Crippen LogP contribution in [0, 0.1) is 5.82 Å². The highest BCUT2D eigenvalue weighted by molar-refractivity contribution is 5.85. The molecule has 0 radical (unpaired) electrons. The molecule has 10 heteroatoms. The average Bonchev–Trinajstić information content (AvgIpc) is 3.17. The van der Waals surface area contributed by atoms with Crippen LogP contribution >= 0.6 is 0 Å². The summed E-state index contributed by atoms with van der Waals surface area (Å²) in [6.45, 7) is 1.27. The summed E-state index contributed by atoms with van der Waals surface area (Å²) in [5.41, 5.74) is 0. The zero-order valence-corrected chi connectivity index (χ0v) is 15.2. The topological polar surface area (TPSA) is 103 Å². The molecule has 3 fully saturated rings. The van der Waals surface area contributed by atoms with Gasteiger partial charge in [0.15, 0.2) is 11.6 Å². The predicted octanol–water partition coefficient (Wildman–Crippen LogP) is 0.576. The predicted molar refractivity (Wildman–Crippen MR) is 95.7 cm³/mol. The molecule has 0 spiro atoms. The maximum absolute atomic E-state index is 13.7. The van der Waals surface area contributed by atoms with Crippen LogP contribution in [0.1, 0.15) is 19.3 Å². The Morgan fingerprint density at radius 1 is 1.14 bits per heavy atom. The zero-order valence-electron chi connectivity index (χ0n) is 15.2. The van der Waals surface area contributed by atoms with E-state index in [1.165, 1.54) is 11.0 Å². The van der Waals surface area contributed by atoms with E-state index in [4.69, 9.17) is 4.74 Å². The van der Waals surface area contributed by atoms with E-state index in [9.17, 15) is 18.8 Å².